The molecule has 0 aliphatic heterocycles. The Balaban J connectivity index is 3.60. The lowest BCUT2D eigenvalue weighted by atomic mass is 10.1. The van der Waals surface area contributed by atoms with Gasteiger partial charge in [0.25, 0.3) is 0 Å². The maximum absolute atomic E-state index is 5.73. The summed E-state index contributed by atoms with van der Waals surface area (Å²) in [7, 11) is 1.98. The van der Waals surface area contributed by atoms with Crippen LogP contribution >= 0.6 is 0 Å². The van der Waals surface area contributed by atoms with Crippen LogP contribution in [0.2, 0.25) is 0 Å². The highest BCUT2D eigenvalue weighted by Crippen LogP contribution is 2.01. The summed E-state index contributed by atoms with van der Waals surface area (Å²) < 4.78 is 0. The van der Waals surface area contributed by atoms with Gasteiger partial charge in [0.15, 0.2) is 0 Å². The van der Waals surface area contributed by atoms with Gasteiger partial charge in [-0.1, -0.05) is 6.92 Å². The molecule has 3 atom stereocenters. The number of hydrogen-bond acceptors (Lipinski definition) is 4. The van der Waals surface area contributed by atoms with E-state index in [1.54, 1.807) is 0 Å². The summed E-state index contributed by atoms with van der Waals surface area (Å²) in [6.07, 6.45) is 3.57. The van der Waals surface area contributed by atoms with Gasteiger partial charge in [-0.15, -0.1) is 0 Å². The number of nitrogens with one attached hydrogen (secondary N) is 2. The van der Waals surface area contributed by atoms with Crippen molar-refractivity contribution in [2.75, 3.05) is 20.1 Å². The highest BCUT2D eigenvalue weighted by Gasteiger charge is 2.08. The maximum atomic E-state index is 5.73. The fourth-order valence-electron chi connectivity index (χ4n) is 1.51. The van der Waals surface area contributed by atoms with Crippen LogP contribution in [0.5, 0.6) is 0 Å². The van der Waals surface area contributed by atoms with E-state index < -0.39 is 0 Å². The predicted molar refractivity (Wildman–Crippen MR) is 66.6 cm³/mol. The van der Waals surface area contributed by atoms with Gasteiger partial charge in [-0.2, -0.15) is 0 Å². The summed E-state index contributed by atoms with van der Waals surface area (Å²) in [6, 6.07) is 0.282. The molecule has 0 aromatic carbocycles. The standard InChI is InChI=1S/C11H28N4/c1-9(6-7-12)8-15-11(14-3)5-4-10(2)13/h9-11,14-15H,4-8,12-13H2,1-3H3. The minimum Gasteiger partial charge on any atom is -0.330 e. The second kappa shape index (κ2) is 9.09. The molecule has 0 aromatic rings. The number of nitrogens with two attached hydrogens (primary N) is 2. The van der Waals surface area contributed by atoms with Crippen molar-refractivity contribution in [1.82, 2.24) is 10.6 Å². The zero-order valence-electron chi connectivity index (χ0n) is 10.4. The number of rotatable bonds is 9. The highest BCUT2D eigenvalue weighted by molar-refractivity contribution is 4.67. The molecule has 0 bridgehead atoms. The lowest BCUT2D eigenvalue weighted by molar-refractivity contribution is 0.369. The van der Waals surface area contributed by atoms with E-state index in [0.29, 0.717) is 12.1 Å². The Morgan fingerprint density at radius 3 is 2.27 bits per heavy atom. The van der Waals surface area contributed by atoms with Crippen molar-refractivity contribution in [3.05, 3.63) is 0 Å². The minimum atomic E-state index is 0.282. The zero-order chi connectivity index (χ0) is 11.7. The van der Waals surface area contributed by atoms with Crippen LogP contribution in [0.1, 0.15) is 33.1 Å². The number of hydrogen-bond donors (Lipinski definition) is 4. The van der Waals surface area contributed by atoms with Gasteiger partial charge in [0.05, 0.1) is 6.17 Å². The first kappa shape index (κ1) is 14.8. The summed E-state index contributed by atoms with van der Waals surface area (Å²) in [5.41, 5.74) is 11.2. The molecule has 0 amide bonds. The molecular weight excluding hydrogens is 188 g/mol. The van der Waals surface area contributed by atoms with E-state index >= 15 is 0 Å². The van der Waals surface area contributed by atoms with E-state index in [1.165, 1.54) is 0 Å². The van der Waals surface area contributed by atoms with Crippen LogP contribution in [-0.2, 0) is 0 Å². The van der Waals surface area contributed by atoms with Gasteiger partial charge in [-0.25, -0.2) is 0 Å². The van der Waals surface area contributed by atoms with Crippen LogP contribution in [0.25, 0.3) is 0 Å². The fourth-order valence-corrected chi connectivity index (χ4v) is 1.51. The molecular formula is C11H28N4. The first-order valence-electron chi connectivity index (χ1n) is 5.96. The Hall–Kier alpha value is -0.160. The normalized spacial score (nSPS) is 17.4. The molecule has 15 heavy (non-hydrogen) atoms. The third-order valence-electron chi connectivity index (χ3n) is 2.63. The smallest absolute Gasteiger partial charge is 0.0569 e. The van der Waals surface area contributed by atoms with E-state index in [0.717, 1.165) is 32.4 Å². The lowest BCUT2D eigenvalue weighted by Gasteiger charge is -2.21. The van der Waals surface area contributed by atoms with Crippen molar-refractivity contribution in [1.29, 1.82) is 0 Å². The van der Waals surface area contributed by atoms with E-state index in [4.69, 9.17) is 11.5 Å². The summed E-state index contributed by atoms with van der Waals surface area (Å²) in [6.45, 7) is 6.05. The van der Waals surface area contributed by atoms with E-state index in [2.05, 4.69) is 17.6 Å². The average molecular weight is 216 g/mol. The van der Waals surface area contributed by atoms with Gasteiger partial charge in [0.2, 0.25) is 0 Å². The van der Waals surface area contributed by atoms with Gasteiger partial charge in [0.1, 0.15) is 0 Å². The van der Waals surface area contributed by atoms with Crippen LogP contribution in [0.15, 0.2) is 0 Å². The van der Waals surface area contributed by atoms with Gasteiger partial charge >= 0.3 is 0 Å². The van der Waals surface area contributed by atoms with Gasteiger partial charge in [0, 0.05) is 6.04 Å². The van der Waals surface area contributed by atoms with Crippen molar-refractivity contribution in [2.45, 2.75) is 45.3 Å². The topological polar surface area (TPSA) is 76.1 Å². The van der Waals surface area contributed by atoms with Crippen LogP contribution in [0.3, 0.4) is 0 Å². The van der Waals surface area contributed by atoms with E-state index in [9.17, 15) is 0 Å². The lowest BCUT2D eigenvalue weighted by Crippen LogP contribution is -2.43. The zero-order valence-corrected chi connectivity index (χ0v) is 10.4. The molecule has 4 nitrogen and oxygen atoms in total. The third kappa shape index (κ3) is 8.81. The Labute approximate surface area is 94.2 Å². The molecule has 0 heterocycles. The third-order valence-corrected chi connectivity index (χ3v) is 2.63. The first-order valence-corrected chi connectivity index (χ1v) is 5.96. The monoisotopic (exact) mass is 216 g/mol. The average Bonchev–Trinajstić information content (AvgIpc) is 2.18. The SMILES string of the molecule is CNC(CCC(C)N)NCC(C)CCN. The predicted octanol–water partition coefficient (Wildman–Crippen LogP) is 0.234. The largest absolute Gasteiger partial charge is 0.330 e. The van der Waals surface area contributed by atoms with Crippen LogP contribution in [-0.4, -0.2) is 32.3 Å². The molecule has 0 aliphatic rings. The van der Waals surface area contributed by atoms with Gasteiger partial charge < -0.3 is 22.1 Å². The Morgan fingerprint density at radius 2 is 1.80 bits per heavy atom. The minimum absolute atomic E-state index is 0.282. The Morgan fingerprint density at radius 1 is 1.13 bits per heavy atom. The van der Waals surface area contributed by atoms with E-state index in [1.807, 2.05) is 14.0 Å². The molecule has 0 radical (unpaired) electrons. The molecule has 0 aromatic heterocycles. The molecule has 4 heteroatoms. The van der Waals surface area contributed by atoms with Crippen LogP contribution < -0.4 is 22.1 Å². The molecule has 0 fully saturated rings. The first-order chi connectivity index (χ1) is 7.10. The quantitative estimate of drug-likeness (QED) is 0.416. The summed E-state index contributed by atoms with van der Waals surface area (Å²) >= 11 is 0. The molecule has 0 saturated heterocycles. The summed E-state index contributed by atoms with van der Waals surface area (Å²) in [4.78, 5) is 0. The molecule has 3 unspecified atom stereocenters. The van der Waals surface area contributed by atoms with Crippen LogP contribution in [0, 0.1) is 5.92 Å². The second-order valence-electron chi connectivity index (χ2n) is 4.49. The van der Waals surface area contributed by atoms with Crippen LogP contribution in [0.4, 0.5) is 0 Å². The van der Waals surface area contributed by atoms with Crippen molar-refractivity contribution in [3.63, 3.8) is 0 Å². The fraction of sp³-hybridized carbons (Fsp3) is 1.00. The Bertz CT molecular complexity index is 139. The van der Waals surface area contributed by atoms with Gasteiger partial charge in [-0.3, -0.25) is 0 Å². The molecule has 0 aliphatic carbocycles. The molecule has 0 saturated carbocycles. The van der Waals surface area contributed by atoms with Gasteiger partial charge in [-0.05, 0) is 52.2 Å². The molecule has 0 rings (SSSR count). The second-order valence-corrected chi connectivity index (χ2v) is 4.49. The maximum Gasteiger partial charge on any atom is 0.0569 e. The highest BCUT2D eigenvalue weighted by atomic mass is 15.1. The van der Waals surface area contributed by atoms with Crippen molar-refractivity contribution < 1.29 is 0 Å². The Kier molecular flexibility index (Phi) is 9.00. The van der Waals surface area contributed by atoms with Crippen molar-refractivity contribution in [3.8, 4) is 0 Å². The molecule has 0 spiro atoms. The molecule has 6 N–H and O–H groups in total. The summed E-state index contributed by atoms with van der Waals surface area (Å²) in [5.74, 6) is 0.640. The van der Waals surface area contributed by atoms with Crippen molar-refractivity contribution in [2.24, 2.45) is 17.4 Å². The molecule has 92 valence electrons. The van der Waals surface area contributed by atoms with Crippen molar-refractivity contribution >= 4 is 0 Å². The van der Waals surface area contributed by atoms with E-state index in [-0.39, 0.29) is 6.04 Å². The summed E-state index contributed by atoms with van der Waals surface area (Å²) in [5, 5.41) is 6.74.